The zero-order chi connectivity index (χ0) is 11.7. The minimum Gasteiger partial charge on any atom is -0.351 e. The van der Waals surface area contributed by atoms with Crippen LogP contribution in [0.1, 0.15) is 30.1 Å². The molecular weight excluding hydrogens is 242 g/mol. The van der Waals surface area contributed by atoms with Gasteiger partial charge < -0.3 is 14.7 Å². The summed E-state index contributed by atoms with van der Waals surface area (Å²) in [4.78, 5) is 13.9. The molecule has 1 aliphatic heterocycles. The summed E-state index contributed by atoms with van der Waals surface area (Å²) in [6, 6.07) is 2.31. The molecule has 2 atom stereocenters. The van der Waals surface area contributed by atoms with E-state index in [2.05, 4.69) is 24.3 Å². The Kier molecular flexibility index (Phi) is 4.54. The number of halogens is 1. The van der Waals surface area contributed by atoms with E-state index in [1.807, 2.05) is 11.8 Å². The number of aryl methyl sites for hydroxylation is 1. The van der Waals surface area contributed by atoms with Crippen LogP contribution in [-0.4, -0.2) is 41.1 Å². The first-order chi connectivity index (χ1) is 7.56. The fraction of sp³-hybridized carbons (Fsp3) is 0.636. The van der Waals surface area contributed by atoms with Crippen LogP contribution >= 0.6 is 12.4 Å². The molecule has 0 aliphatic carbocycles. The lowest BCUT2D eigenvalue weighted by atomic mass is 10.1. The van der Waals surface area contributed by atoms with Gasteiger partial charge in [-0.3, -0.25) is 4.79 Å². The predicted molar refractivity (Wildman–Crippen MR) is 66.5 cm³/mol. The van der Waals surface area contributed by atoms with Crippen LogP contribution in [0, 0.1) is 6.92 Å². The average molecular weight is 260 g/mol. The third kappa shape index (κ3) is 3.20. The predicted octanol–water partition coefficient (Wildman–Crippen LogP) is 1.23. The number of nitrogens with one attached hydrogen (secondary N) is 1. The second kappa shape index (κ2) is 5.51. The van der Waals surface area contributed by atoms with Gasteiger partial charge in [0.15, 0.2) is 0 Å². The van der Waals surface area contributed by atoms with Gasteiger partial charge in [-0.05, 0) is 20.8 Å². The highest BCUT2D eigenvalue weighted by molar-refractivity contribution is 5.91. The van der Waals surface area contributed by atoms with Crippen LogP contribution in [0.25, 0.3) is 0 Å². The molecule has 0 radical (unpaired) electrons. The van der Waals surface area contributed by atoms with E-state index in [1.165, 1.54) is 0 Å². The van der Waals surface area contributed by atoms with E-state index >= 15 is 0 Å². The largest absolute Gasteiger partial charge is 0.351 e. The third-order valence-corrected chi connectivity index (χ3v) is 2.68. The SMILES string of the molecule is Cc1cc(C(=O)N2CC(C)NC(C)C2)on1.Cl. The minimum absolute atomic E-state index is 0. The van der Waals surface area contributed by atoms with Gasteiger partial charge >= 0.3 is 0 Å². The Morgan fingerprint density at radius 1 is 1.47 bits per heavy atom. The van der Waals surface area contributed by atoms with Crippen molar-refractivity contribution in [3.8, 4) is 0 Å². The summed E-state index contributed by atoms with van der Waals surface area (Å²) in [6.45, 7) is 7.37. The topological polar surface area (TPSA) is 58.4 Å². The van der Waals surface area contributed by atoms with E-state index in [0.717, 1.165) is 5.69 Å². The molecule has 1 N–H and O–H groups in total. The van der Waals surface area contributed by atoms with Gasteiger partial charge in [0.1, 0.15) is 0 Å². The molecular formula is C11H18ClN3O2. The van der Waals surface area contributed by atoms with Crippen molar-refractivity contribution in [2.24, 2.45) is 0 Å². The molecule has 0 saturated carbocycles. The fourth-order valence-corrected chi connectivity index (χ4v) is 2.11. The maximum atomic E-state index is 12.1. The molecule has 1 aliphatic rings. The summed E-state index contributed by atoms with van der Waals surface area (Å²) in [6.07, 6.45) is 0. The second-order valence-electron chi connectivity index (χ2n) is 4.51. The molecule has 2 heterocycles. The molecule has 2 rings (SSSR count). The first-order valence-electron chi connectivity index (χ1n) is 5.55. The van der Waals surface area contributed by atoms with E-state index < -0.39 is 0 Å². The molecule has 0 spiro atoms. The first-order valence-corrected chi connectivity index (χ1v) is 5.55. The lowest BCUT2D eigenvalue weighted by Crippen LogP contribution is -2.55. The van der Waals surface area contributed by atoms with Crippen molar-refractivity contribution in [3.05, 3.63) is 17.5 Å². The van der Waals surface area contributed by atoms with Gasteiger partial charge in [-0.1, -0.05) is 5.16 Å². The van der Waals surface area contributed by atoms with Gasteiger partial charge in [0, 0.05) is 31.2 Å². The highest BCUT2D eigenvalue weighted by Gasteiger charge is 2.27. The third-order valence-electron chi connectivity index (χ3n) is 2.68. The quantitative estimate of drug-likeness (QED) is 0.824. The summed E-state index contributed by atoms with van der Waals surface area (Å²) in [7, 11) is 0. The molecule has 6 heteroatoms. The van der Waals surface area contributed by atoms with Gasteiger partial charge in [0.05, 0.1) is 5.69 Å². The van der Waals surface area contributed by atoms with Crippen molar-refractivity contribution in [2.45, 2.75) is 32.9 Å². The normalized spacial score (nSPS) is 24.3. The number of hydrogen-bond donors (Lipinski definition) is 1. The van der Waals surface area contributed by atoms with Crippen LogP contribution in [0.3, 0.4) is 0 Å². The second-order valence-corrected chi connectivity index (χ2v) is 4.51. The number of aromatic nitrogens is 1. The number of rotatable bonds is 1. The number of carbonyl (C=O) groups excluding carboxylic acids is 1. The Morgan fingerprint density at radius 3 is 2.53 bits per heavy atom. The van der Waals surface area contributed by atoms with Crippen LogP contribution in [0.5, 0.6) is 0 Å². The zero-order valence-electron chi connectivity index (χ0n) is 10.3. The number of amides is 1. The van der Waals surface area contributed by atoms with Crippen molar-refractivity contribution in [1.29, 1.82) is 0 Å². The Bertz CT molecular complexity index is 384. The van der Waals surface area contributed by atoms with Crippen LogP contribution in [0.15, 0.2) is 10.6 Å². The molecule has 0 bridgehead atoms. The summed E-state index contributed by atoms with van der Waals surface area (Å²) in [5.74, 6) is 0.264. The Hall–Kier alpha value is -1.07. The van der Waals surface area contributed by atoms with Crippen molar-refractivity contribution >= 4 is 18.3 Å². The number of nitrogens with zero attached hydrogens (tertiary/aromatic N) is 2. The molecule has 17 heavy (non-hydrogen) atoms. The molecule has 1 aromatic rings. The Balaban J connectivity index is 0.00000144. The van der Waals surface area contributed by atoms with E-state index in [1.54, 1.807) is 6.07 Å². The molecule has 2 unspecified atom stereocenters. The van der Waals surface area contributed by atoms with Crippen LogP contribution < -0.4 is 5.32 Å². The van der Waals surface area contributed by atoms with Crippen molar-refractivity contribution in [1.82, 2.24) is 15.4 Å². The standard InChI is InChI=1S/C11H17N3O2.ClH/c1-7-4-10(16-13-7)11(15)14-5-8(2)12-9(3)6-14;/h4,8-9,12H,5-6H2,1-3H3;1H. The van der Waals surface area contributed by atoms with E-state index in [-0.39, 0.29) is 18.3 Å². The van der Waals surface area contributed by atoms with Crippen molar-refractivity contribution in [3.63, 3.8) is 0 Å². The maximum Gasteiger partial charge on any atom is 0.292 e. The molecule has 1 fully saturated rings. The van der Waals surface area contributed by atoms with E-state index in [0.29, 0.717) is 30.9 Å². The minimum atomic E-state index is -0.0687. The summed E-state index contributed by atoms with van der Waals surface area (Å²) >= 11 is 0. The molecule has 96 valence electrons. The van der Waals surface area contributed by atoms with Gasteiger partial charge in [-0.15, -0.1) is 12.4 Å². The van der Waals surface area contributed by atoms with Crippen LogP contribution in [-0.2, 0) is 0 Å². The van der Waals surface area contributed by atoms with Gasteiger partial charge in [0.25, 0.3) is 5.91 Å². The smallest absolute Gasteiger partial charge is 0.292 e. The van der Waals surface area contributed by atoms with Crippen LogP contribution in [0.4, 0.5) is 0 Å². The molecule has 5 nitrogen and oxygen atoms in total. The van der Waals surface area contributed by atoms with E-state index in [9.17, 15) is 4.79 Å². The van der Waals surface area contributed by atoms with E-state index in [4.69, 9.17) is 4.52 Å². The summed E-state index contributed by atoms with van der Waals surface area (Å²) in [5.41, 5.74) is 0.736. The van der Waals surface area contributed by atoms with Gasteiger partial charge in [0.2, 0.25) is 5.76 Å². The summed E-state index contributed by atoms with van der Waals surface area (Å²) in [5, 5.41) is 7.11. The number of hydrogen-bond acceptors (Lipinski definition) is 4. The fourth-order valence-electron chi connectivity index (χ4n) is 2.11. The molecule has 1 amide bonds. The Labute approximate surface area is 107 Å². The Morgan fingerprint density at radius 2 is 2.06 bits per heavy atom. The van der Waals surface area contributed by atoms with Crippen molar-refractivity contribution in [2.75, 3.05) is 13.1 Å². The first kappa shape index (κ1) is 14.0. The maximum absolute atomic E-state index is 12.1. The molecule has 1 aromatic heterocycles. The highest BCUT2D eigenvalue weighted by Crippen LogP contribution is 2.11. The van der Waals surface area contributed by atoms with Crippen LogP contribution in [0.2, 0.25) is 0 Å². The van der Waals surface area contributed by atoms with Gasteiger partial charge in [-0.25, -0.2) is 0 Å². The number of piperazine rings is 1. The summed E-state index contributed by atoms with van der Waals surface area (Å²) < 4.78 is 4.99. The molecule has 1 saturated heterocycles. The zero-order valence-corrected chi connectivity index (χ0v) is 11.1. The average Bonchev–Trinajstić information content (AvgIpc) is 2.62. The monoisotopic (exact) mass is 259 g/mol. The molecule has 0 aromatic carbocycles. The van der Waals surface area contributed by atoms with Gasteiger partial charge in [-0.2, -0.15) is 0 Å². The van der Waals surface area contributed by atoms with Crippen molar-refractivity contribution < 1.29 is 9.32 Å². The lowest BCUT2D eigenvalue weighted by Gasteiger charge is -2.35. The lowest BCUT2D eigenvalue weighted by molar-refractivity contribution is 0.0632. The number of carbonyl (C=O) groups is 1. The highest BCUT2D eigenvalue weighted by atomic mass is 35.5.